The van der Waals surface area contributed by atoms with E-state index in [1.165, 1.54) is 5.56 Å². The van der Waals surface area contributed by atoms with Gasteiger partial charge in [-0.15, -0.1) is 0 Å². The van der Waals surface area contributed by atoms with Crippen LogP contribution in [-0.4, -0.2) is 33.0 Å². The van der Waals surface area contributed by atoms with Crippen molar-refractivity contribution in [2.24, 2.45) is 0 Å². The summed E-state index contributed by atoms with van der Waals surface area (Å²) in [7, 11) is 5.05. The van der Waals surface area contributed by atoms with Gasteiger partial charge in [-0.2, -0.15) is 0 Å². The molecule has 0 bridgehead atoms. The van der Waals surface area contributed by atoms with Crippen molar-refractivity contribution in [2.45, 2.75) is 45.4 Å². The maximum Gasteiger partial charge on any atom is 0.161 e. The van der Waals surface area contributed by atoms with E-state index in [1.54, 1.807) is 21.3 Å². The van der Waals surface area contributed by atoms with E-state index < -0.39 is 0 Å². The minimum Gasteiger partial charge on any atom is -0.493 e. The maximum absolute atomic E-state index is 5.45. The second kappa shape index (κ2) is 7.50. The summed E-state index contributed by atoms with van der Waals surface area (Å²) in [6, 6.07) is 6.35. The van der Waals surface area contributed by atoms with Crippen LogP contribution in [0.15, 0.2) is 18.2 Å². The van der Waals surface area contributed by atoms with Crippen molar-refractivity contribution in [3.8, 4) is 11.5 Å². The molecule has 0 saturated carbocycles. The number of rotatable bonds is 8. The molecule has 4 heteroatoms. The van der Waals surface area contributed by atoms with E-state index in [1.807, 2.05) is 18.2 Å². The molecule has 0 aliphatic heterocycles. The average Bonchev–Trinajstić information content (AvgIpc) is 2.44. The molecule has 1 rings (SSSR count). The Morgan fingerprint density at radius 3 is 2.30 bits per heavy atom. The fraction of sp³-hybridized carbons (Fsp3) is 0.625. The third-order valence-electron chi connectivity index (χ3n) is 3.45. The number of hydrogen-bond donors (Lipinski definition) is 1. The van der Waals surface area contributed by atoms with Crippen LogP contribution in [0.4, 0.5) is 0 Å². The lowest BCUT2D eigenvalue weighted by molar-refractivity contribution is 0.00844. The summed E-state index contributed by atoms with van der Waals surface area (Å²) in [4.78, 5) is 0. The van der Waals surface area contributed by atoms with Gasteiger partial charge in [0.05, 0.1) is 19.8 Å². The highest BCUT2D eigenvalue weighted by Gasteiger charge is 2.19. The number of ether oxygens (including phenoxy) is 3. The molecule has 1 N–H and O–H groups in total. The Hall–Kier alpha value is -1.26. The molecule has 1 aromatic rings. The van der Waals surface area contributed by atoms with E-state index in [-0.39, 0.29) is 5.60 Å². The molecule has 0 spiro atoms. The Morgan fingerprint density at radius 2 is 1.75 bits per heavy atom. The van der Waals surface area contributed by atoms with Gasteiger partial charge in [-0.3, -0.25) is 0 Å². The normalized spacial score (nSPS) is 13.1. The second-order valence-electron chi connectivity index (χ2n) is 5.64. The maximum atomic E-state index is 5.45. The lowest BCUT2D eigenvalue weighted by atomic mass is 9.99. The van der Waals surface area contributed by atoms with Gasteiger partial charge in [0, 0.05) is 19.7 Å². The molecule has 0 radical (unpaired) electrons. The highest BCUT2D eigenvalue weighted by atomic mass is 16.5. The summed E-state index contributed by atoms with van der Waals surface area (Å²) in [6.45, 7) is 7.16. The molecule has 0 aliphatic carbocycles. The number of nitrogens with one attached hydrogen (secondary N) is 1. The van der Waals surface area contributed by atoms with Crippen molar-refractivity contribution in [1.29, 1.82) is 0 Å². The van der Waals surface area contributed by atoms with E-state index >= 15 is 0 Å². The van der Waals surface area contributed by atoms with Gasteiger partial charge in [-0.1, -0.05) is 6.07 Å². The third-order valence-corrected chi connectivity index (χ3v) is 3.45. The van der Waals surface area contributed by atoms with Crippen molar-refractivity contribution in [3.63, 3.8) is 0 Å². The predicted octanol–water partition coefficient (Wildman–Crippen LogP) is 3.00. The van der Waals surface area contributed by atoms with Crippen LogP contribution in [0.1, 0.15) is 32.8 Å². The molecule has 0 amide bonds. The standard InChI is InChI=1S/C16H27NO3/c1-12(10-16(2,3)20-6)17-11-13-7-8-14(18-4)15(9-13)19-5/h7-9,12,17H,10-11H2,1-6H3. The van der Waals surface area contributed by atoms with Crippen LogP contribution in [0, 0.1) is 0 Å². The summed E-state index contributed by atoms with van der Waals surface area (Å²) in [5, 5.41) is 3.50. The van der Waals surface area contributed by atoms with Crippen molar-refractivity contribution in [3.05, 3.63) is 23.8 Å². The molecule has 114 valence electrons. The first kappa shape index (κ1) is 16.8. The van der Waals surface area contributed by atoms with Crippen molar-refractivity contribution >= 4 is 0 Å². The van der Waals surface area contributed by atoms with E-state index in [0.29, 0.717) is 6.04 Å². The first-order valence-corrected chi connectivity index (χ1v) is 6.91. The Balaban J connectivity index is 2.57. The van der Waals surface area contributed by atoms with Gasteiger partial charge in [-0.05, 0) is 44.9 Å². The zero-order chi connectivity index (χ0) is 15.2. The van der Waals surface area contributed by atoms with Crippen LogP contribution >= 0.6 is 0 Å². The van der Waals surface area contributed by atoms with Crippen molar-refractivity contribution in [2.75, 3.05) is 21.3 Å². The van der Waals surface area contributed by atoms with Crippen LogP contribution < -0.4 is 14.8 Å². The van der Waals surface area contributed by atoms with E-state index in [9.17, 15) is 0 Å². The monoisotopic (exact) mass is 281 g/mol. The van der Waals surface area contributed by atoms with Crippen molar-refractivity contribution < 1.29 is 14.2 Å². The minimum atomic E-state index is -0.107. The molecule has 20 heavy (non-hydrogen) atoms. The zero-order valence-electron chi connectivity index (χ0n) is 13.4. The molecule has 0 aliphatic rings. The van der Waals surface area contributed by atoms with Crippen LogP contribution in [-0.2, 0) is 11.3 Å². The van der Waals surface area contributed by atoms with E-state index in [2.05, 4.69) is 26.1 Å². The predicted molar refractivity (Wildman–Crippen MR) is 81.6 cm³/mol. The molecule has 1 aromatic carbocycles. The molecule has 0 fully saturated rings. The first-order chi connectivity index (χ1) is 9.41. The van der Waals surface area contributed by atoms with E-state index in [4.69, 9.17) is 14.2 Å². The third kappa shape index (κ3) is 5.02. The molecule has 0 saturated heterocycles. The summed E-state index contributed by atoms with van der Waals surface area (Å²) in [6.07, 6.45) is 0.955. The van der Waals surface area contributed by atoms with Crippen LogP contribution in [0.25, 0.3) is 0 Å². The van der Waals surface area contributed by atoms with Gasteiger partial charge in [0.15, 0.2) is 11.5 Å². The van der Waals surface area contributed by atoms with Gasteiger partial charge >= 0.3 is 0 Å². The summed E-state index contributed by atoms with van der Waals surface area (Å²) in [5.74, 6) is 1.52. The Labute approximate surface area is 122 Å². The highest BCUT2D eigenvalue weighted by Crippen LogP contribution is 2.27. The Bertz CT molecular complexity index is 418. The smallest absolute Gasteiger partial charge is 0.161 e. The first-order valence-electron chi connectivity index (χ1n) is 6.91. The fourth-order valence-electron chi connectivity index (χ4n) is 2.18. The molecule has 0 heterocycles. The summed E-state index contributed by atoms with van der Waals surface area (Å²) in [5.41, 5.74) is 1.06. The Kier molecular flexibility index (Phi) is 6.30. The SMILES string of the molecule is COc1ccc(CNC(C)CC(C)(C)OC)cc1OC. The summed E-state index contributed by atoms with van der Waals surface area (Å²) < 4.78 is 16.0. The minimum absolute atomic E-state index is 0.107. The van der Waals surface area contributed by atoms with Gasteiger partial charge in [0.1, 0.15) is 0 Å². The zero-order valence-corrected chi connectivity index (χ0v) is 13.4. The molecule has 1 unspecified atom stereocenters. The topological polar surface area (TPSA) is 39.7 Å². The average molecular weight is 281 g/mol. The van der Waals surface area contributed by atoms with Crippen LogP contribution in [0.3, 0.4) is 0 Å². The van der Waals surface area contributed by atoms with Crippen LogP contribution in [0.2, 0.25) is 0 Å². The molecule has 4 nitrogen and oxygen atoms in total. The fourth-order valence-corrected chi connectivity index (χ4v) is 2.18. The van der Waals surface area contributed by atoms with Gasteiger partial charge in [-0.25, -0.2) is 0 Å². The lowest BCUT2D eigenvalue weighted by Crippen LogP contribution is -2.35. The molecular formula is C16H27NO3. The van der Waals surface area contributed by atoms with Gasteiger partial charge < -0.3 is 19.5 Å². The molecule has 0 aromatic heterocycles. The lowest BCUT2D eigenvalue weighted by Gasteiger charge is -2.27. The van der Waals surface area contributed by atoms with Gasteiger partial charge in [0.2, 0.25) is 0 Å². The number of benzene rings is 1. The molecule has 1 atom stereocenters. The van der Waals surface area contributed by atoms with Crippen molar-refractivity contribution in [1.82, 2.24) is 5.32 Å². The highest BCUT2D eigenvalue weighted by molar-refractivity contribution is 5.42. The largest absolute Gasteiger partial charge is 0.493 e. The van der Waals surface area contributed by atoms with E-state index in [0.717, 1.165) is 24.5 Å². The second-order valence-corrected chi connectivity index (χ2v) is 5.64. The quantitative estimate of drug-likeness (QED) is 0.795. The molecular weight excluding hydrogens is 254 g/mol. The number of methoxy groups -OCH3 is 3. The summed E-state index contributed by atoms with van der Waals surface area (Å²) >= 11 is 0. The number of hydrogen-bond acceptors (Lipinski definition) is 4. The Morgan fingerprint density at radius 1 is 1.10 bits per heavy atom. The van der Waals surface area contributed by atoms with Crippen LogP contribution in [0.5, 0.6) is 11.5 Å². The van der Waals surface area contributed by atoms with Gasteiger partial charge in [0.25, 0.3) is 0 Å².